The van der Waals surface area contributed by atoms with Crippen LogP contribution in [0.25, 0.3) is 0 Å². The van der Waals surface area contributed by atoms with Gasteiger partial charge in [-0.25, -0.2) is 0 Å². The minimum absolute atomic E-state index is 0.0749. The molecule has 5 nitrogen and oxygen atoms in total. The molecular formula is C13H25N3O2. The molecule has 0 aromatic heterocycles. The first-order valence-electron chi connectivity index (χ1n) is 7.06. The second-order valence-corrected chi connectivity index (χ2v) is 5.29. The third kappa shape index (κ3) is 4.23. The summed E-state index contributed by atoms with van der Waals surface area (Å²) in [6, 6.07) is 0. The molecule has 1 atom stereocenters. The lowest BCUT2D eigenvalue weighted by Crippen LogP contribution is -2.45. The van der Waals surface area contributed by atoms with E-state index in [-0.39, 0.29) is 12.0 Å². The normalized spacial score (nSPS) is 26.4. The lowest BCUT2D eigenvalue weighted by atomic mass is 10.2. The summed E-state index contributed by atoms with van der Waals surface area (Å²) in [6.45, 7) is 7.20. The van der Waals surface area contributed by atoms with Gasteiger partial charge in [0.25, 0.3) is 0 Å². The summed E-state index contributed by atoms with van der Waals surface area (Å²) in [6.07, 6.45) is 2.74. The largest absolute Gasteiger partial charge is 0.368 e. The van der Waals surface area contributed by atoms with Gasteiger partial charge in [-0.15, -0.1) is 0 Å². The summed E-state index contributed by atoms with van der Waals surface area (Å²) in [5.41, 5.74) is 0. The number of amides is 1. The Morgan fingerprint density at radius 3 is 2.78 bits per heavy atom. The molecule has 2 rings (SSSR count). The Kier molecular flexibility index (Phi) is 5.41. The van der Waals surface area contributed by atoms with E-state index in [4.69, 9.17) is 4.74 Å². The zero-order valence-corrected chi connectivity index (χ0v) is 11.4. The van der Waals surface area contributed by atoms with Crippen molar-refractivity contribution in [3.8, 4) is 0 Å². The fraction of sp³-hybridized carbons (Fsp3) is 0.923. The van der Waals surface area contributed by atoms with Crippen LogP contribution in [0.15, 0.2) is 0 Å². The van der Waals surface area contributed by atoms with Gasteiger partial charge in [-0.05, 0) is 32.9 Å². The van der Waals surface area contributed by atoms with Crippen LogP contribution in [0.2, 0.25) is 0 Å². The van der Waals surface area contributed by atoms with Crippen molar-refractivity contribution in [3.63, 3.8) is 0 Å². The predicted octanol–water partition coefficient (Wildman–Crippen LogP) is -0.0809. The number of likely N-dealkylation sites (N-methyl/N-ethyl adjacent to an activating group) is 1. The van der Waals surface area contributed by atoms with Gasteiger partial charge >= 0.3 is 0 Å². The lowest BCUT2D eigenvalue weighted by Gasteiger charge is -2.32. The van der Waals surface area contributed by atoms with Gasteiger partial charge in [0.05, 0.1) is 0 Å². The van der Waals surface area contributed by atoms with Gasteiger partial charge in [-0.2, -0.15) is 0 Å². The van der Waals surface area contributed by atoms with Gasteiger partial charge in [0, 0.05) is 39.3 Å². The van der Waals surface area contributed by atoms with Crippen LogP contribution in [0.1, 0.15) is 19.3 Å². The molecule has 5 heteroatoms. The Morgan fingerprint density at radius 2 is 2.11 bits per heavy atom. The van der Waals surface area contributed by atoms with Gasteiger partial charge in [0.15, 0.2) is 0 Å². The average molecular weight is 255 g/mol. The maximum atomic E-state index is 11.7. The second-order valence-electron chi connectivity index (χ2n) is 5.29. The third-order valence-electron chi connectivity index (χ3n) is 3.77. The quantitative estimate of drug-likeness (QED) is 0.698. The van der Waals surface area contributed by atoms with E-state index in [9.17, 15) is 4.79 Å². The molecule has 2 heterocycles. The van der Waals surface area contributed by atoms with Gasteiger partial charge in [0.2, 0.25) is 5.91 Å². The summed E-state index contributed by atoms with van der Waals surface area (Å²) < 4.78 is 5.35. The number of hydrogen-bond donors (Lipinski definition) is 1. The maximum Gasteiger partial charge on any atom is 0.249 e. The molecule has 0 radical (unpaired) electrons. The minimum atomic E-state index is -0.186. The molecule has 0 aromatic carbocycles. The van der Waals surface area contributed by atoms with E-state index in [0.717, 1.165) is 65.1 Å². The molecule has 2 aliphatic rings. The van der Waals surface area contributed by atoms with Crippen molar-refractivity contribution in [1.29, 1.82) is 0 Å². The van der Waals surface area contributed by atoms with Crippen LogP contribution in [0.3, 0.4) is 0 Å². The summed E-state index contributed by atoms with van der Waals surface area (Å²) in [7, 11) is 2.17. The minimum Gasteiger partial charge on any atom is -0.368 e. The fourth-order valence-electron chi connectivity index (χ4n) is 2.48. The highest BCUT2D eigenvalue weighted by Gasteiger charge is 2.22. The van der Waals surface area contributed by atoms with E-state index >= 15 is 0 Å². The molecule has 0 aliphatic carbocycles. The molecule has 0 aromatic rings. The highest BCUT2D eigenvalue weighted by molar-refractivity contribution is 5.80. The summed E-state index contributed by atoms with van der Waals surface area (Å²) in [5, 5.41) is 2.97. The molecule has 2 aliphatic heterocycles. The standard InChI is InChI=1S/C13H25N3O2/c1-15-7-9-16(10-8-15)6-3-5-14-13(17)12-4-2-11-18-12/h12H,2-11H2,1H3,(H,14,17). The van der Waals surface area contributed by atoms with E-state index in [2.05, 4.69) is 22.2 Å². The van der Waals surface area contributed by atoms with Crippen molar-refractivity contribution in [1.82, 2.24) is 15.1 Å². The number of nitrogens with zero attached hydrogens (tertiary/aromatic N) is 2. The number of rotatable bonds is 5. The Labute approximate surface area is 109 Å². The molecular weight excluding hydrogens is 230 g/mol. The molecule has 1 amide bonds. The van der Waals surface area contributed by atoms with Crippen molar-refractivity contribution in [2.24, 2.45) is 0 Å². The smallest absolute Gasteiger partial charge is 0.249 e. The Bertz CT molecular complexity index is 259. The van der Waals surface area contributed by atoms with Crippen molar-refractivity contribution >= 4 is 5.91 Å². The molecule has 2 saturated heterocycles. The van der Waals surface area contributed by atoms with E-state index in [0.29, 0.717) is 0 Å². The van der Waals surface area contributed by atoms with Gasteiger partial charge in [0.1, 0.15) is 6.10 Å². The first-order chi connectivity index (χ1) is 8.75. The first kappa shape index (κ1) is 13.8. The van der Waals surface area contributed by atoms with Crippen LogP contribution in [0.5, 0.6) is 0 Å². The summed E-state index contributed by atoms with van der Waals surface area (Å²) in [4.78, 5) is 16.5. The number of carbonyl (C=O) groups is 1. The zero-order valence-electron chi connectivity index (χ0n) is 11.4. The van der Waals surface area contributed by atoms with Crippen LogP contribution in [-0.4, -0.2) is 74.7 Å². The van der Waals surface area contributed by atoms with E-state index in [1.54, 1.807) is 0 Å². The van der Waals surface area contributed by atoms with Crippen LogP contribution < -0.4 is 5.32 Å². The van der Waals surface area contributed by atoms with E-state index in [1.807, 2.05) is 0 Å². The van der Waals surface area contributed by atoms with Crippen molar-refractivity contribution in [2.45, 2.75) is 25.4 Å². The maximum absolute atomic E-state index is 11.7. The van der Waals surface area contributed by atoms with E-state index in [1.165, 1.54) is 0 Å². The Balaban J connectivity index is 1.51. The predicted molar refractivity (Wildman–Crippen MR) is 70.5 cm³/mol. The molecule has 1 N–H and O–H groups in total. The number of nitrogens with one attached hydrogen (secondary N) is 1. The summed E-state index contributed by atoms with van der Waals surface area (Å²) in [5.74, 6) is 0.0749. The molecule has 2 fully saturated rings. The number of piperazine rings is 1. The molecule has 0 saturated carbocycles. The van der Waals surface area contributed by atoms with Crippen molar-refractivity contribution in [3.05, 3.63) is 0 Å². The fourth-order valence-corrected chi connectivity index (χ4v) is 2.48. The van der Waals surface area contributed by atoms with Gasteiger partial charge in [-0.1, -0.05) is 0 Å². The van der Waals surface area contributed by atoms with Gasteiger partial charge < -0.3 is 19.9 Å². The van der Waals surface area contributed by atoms with Crippen LogP contribution in [0, 0.1) is 0 Å². The molecule has 18 heavy (non-hydrogen) atoms. The monoisotopic (exact) mass is 255 g/mol. The van der Waals surface area contributed by atoms with Crippen molar-refractivity contribution in [2.75, 3.05) is 52.9 Å². The number of carbonyl (C=O) groups excluding carboxylic acids is 1. The molecule has 1 unspecified atom stereocenters. The topological polar surface area (TPSA) is 44.8 Å². The zero-order chi connectivity index (χ0) is 12.8. The lowest BCUT2D eigenvalue weighted by molar-refractivity contribution is -0.130. The Morgan fingerprint density at radius 1 is 1.33 bits per heavy atom. The highest BCUT2D eigenvalue weighted by atomic mass is 16.5. The average Bonchev–Trinajstić information content (AvgIpc) is 2.90. The SMILES string of the molecule is CN1CCN(CCCNC(=O)C2CCCO2)CC1. The highest BCUT2D eigenvalue weighted by Crippen LogP contribution is 2.11. The second kappa shape index (κ2) is 7.07. The molecule has 104 valence electrons. The Hall–Kier alpha value is -0.650. The van der Waals surface area contributed by atoms with E-state index < -0.39 is 0 Å². The molecule has 0 bridgehead atoms. The van der Waals surface area contributed by atoms with Crippen molar-refractivity contribution < 1.29 is 9.53 Å². The summed E-state index contributed by atoms with van der Waals surface area (Å²) >= 11 is 0. The van der Waals surface area contributed by atoms with Crippen LogP contribution >= 0.6 is 0 Å². The van der Waals surface area contributed by atoms with Gasteiger partial charge in [-0.3, -0.25) is 4.79 Å². The third-order valence-corrected chi connectivity index (χ3v) is 3.77. The van der Waals surface area contributed by atoms with Crippen LogP contribution in [-0.2, 0) is 9.53 Å². The number of ether oxygens (including phenoxy) is 1. The van der Waals surface area contributed by atoms with Crippen LogP contribution in [0.4, 0.5) is 0 Å². The number of hydrogen-bond acceptors (Lipinski definition) is 4. The first-order valence-corrected chi connectivity index (χ1v) is 7.06. The molecule has 0 spiro atoms.